The van der Waals surface area contributed by atoms with Crippen LogP contribution in [0, 0.1) is 0 Å². The monoisotopic (exact) mass is 444 g/mol. The van der Waals surface area contributed by atoms with E-state index in [2.05, 4.69) is 45.8 Å². The van der Waals surface area contributed by atoms with Crippen LogP contribution in [0.2, 0.25) is 5.02 Å². The number of halogens is 1. The summed E-state index contributed by atoms with van der Waals surface area (Å²) in [5, 5.41) is 12.4. The van der Waals surface area contributed by atoms with Gasteiger partial charge in [0.2, 0.25) is 0 Å². The molecule has 0 spiro atoms. The van der Waals surface area contributed by atoms with Crippen LogP contribution < -0.4 is 10.6 Å². The fraction of sp³-hybridized carbons (Fsp3) is 0.609. The second-order valence-electron chi connectivity index (χ2n) is 8.63. The van der Waals surface area contributed by atoms with Gasteiger partial charge in [0.05, 0.1) is 13.1 Å². The number of hydrogen-bond acceptors (Lipinski definition) is 4. The quantitative estimate of drug-likeness (QED) is 0.505. The molecule has 1 unspecified atom stereocenters. The predicted molar refractivity (Wildman–Crippen MR) is 124 cm³/mol. The minimum atomic E-state index is 0.0773. The summed E-state index contributed by atoms with van der Waals surface area (Å²) in [6, 6.07) is 8.60. The molecule has 2 aromatic rings. The number of aromatic nitrogens is 3. The van der Waals surface area contributed by atoms with Crippen molar-refractivity contribution in [2.24, 2.45) is 4.99 Å². The number of methoxy groups -OCH3 is 1. The van der Waals surface area contributed by atoms with Crippen LogP contribution in [0.4, 0.5) is 0 Å². The van der Waals surface area contributed by atoms with E-state index in [9.17, 15) is 0 Å². The molecule has 1 fully saturated rings. The average molecular weight is 445 g/mol. The molecule has 1 aromatic carbocycles. The Morgan fingerprint density at radius 2 is 2.19 bits per heavy atom. The van der Waals surface area contributed by atoms with Crippen molar-refractivity contribution in [1.82, 2.24) is 25.4 Å². The Balaban J connectivity index is 1.46. The molecule has 4 rings (SSSR count). The molecule has 7 nitrogen and oxygen atoms in total. The molecular weight excluding hydrogens is 412 g/mol. The first-order valence-electron chi connectivity index (χ1n) is 11.3. The number of hydrogen-bond donors (Lipinski definition) is 2. The Bertz CT molecular complexity index is 905. The molecule has 2 N–H and O–H groups in total. The van der Waals surface area contributed by atoms with Crippen molar-refractivity contribution in [2.75, 3.05) is 20.2 Å². The van der Waals surface area contributed by atoms with E-state index < -0.39 is 0 Å². The number of nitrogens with zero attached hydrogens (tertiary/aromatic N) is 4. The second kappa shape index (κ2) is 10.0. The Labute approximate surface area is 189 Å². The zero-order chi connectivity index (χ0) is 21.7. The lowest BCUT2D eigenvalue weighted by molar-refractivity contribution is 0.177. The maximum Gasteiger partial charge on any atom is 0.191 e. The van der Waals surface area contributed by atoms with Crippen LogP contribution >= 0.6 is 11.6 Å². The Morgan fingerprint density at radius 1 is 1.35 bits per heavy atom. The lowest BCUT2D eigenvalue weighted by Crippen LogP contribution is -2.47. The summed E-state index contributed by atoms with van der Waals surface area (Å²) >= 11 is 6.31. The van der Waals surface area contributed by atoms with E-state index in [0.29, 0.717) is 6.61 Å². The number of nitrogens with one attached hydrogen (secondary N) is 2. The van der Waals surface area contributed by atoms with Crippen LogP contribution in [0.15, 0.2) is 29.3 Å². The second-order valence-corrected chi connectivity index (χ2v) is 9.07. The topological polar surface area (TPSA) is 76.4 Å². The zero-order valence-electron chi connectivity index (χ0n) is 18.5. The highest BCUT2D eigenvalue weighted by Gasteiger charge is 2.36. The fourth-order valence-electron chi connectivity index (χ4n) is 4.82. The number of ether oxygens (including phenoxy) is 1. The summed E-state index contributed by atoms with van der Waals surface area (Å²) in [6.07, 6.45) is 6.71. The van der Waals surface area contributed by atoms with Gasteiger partial charge >= 0.3 is 0 Å². The van der Waals surface area contributed by atoms with E-state index in [0.717, 1.165) is 67.9 Å². The molecule has 1 aliphatic heterocycles. The first kappa shape index (κ1) is 22.1. The Morgan fingerprint density at radius 3 is 2.94 bits per heavy atom. The molecule has 0 amide bonds. The van der Waals surface area contributed by atoms with E-state index in [1.807, 2.05) is 10.7 Å². The number of benzene rings is 1. The lowest BCUT2D eigenvalue weighted by Gasteiger charge is -2.29. The molecule has 0 bridgehead atoms. The van der Waals surface area contributed by atoms with E-state index in [1.165, 1.54) is 18.4 Å². The van der Waals surface area contributed by atoms with Crippen molar-refractivity contribution in [3.05, 3.63) is 46.5 Å². The summed E-state index contributed by atoms with van der Waals surface area (Å²) in [5.41, 5.74) is 1.39. The van der Waals surface area contributed by atoms with E-state index in [-0.39, 0.29) is 11.5 Å². The molecule has 8 heteroatoms. The summed E-state index contributed by atoms with van der Waals surface area (Å²) in [6.45, 7) is 4.94. The van der Waals surface area contributed by atoms with Gasteiger partial charge in [-0.1, -0.05) is 36.6 Å². The highest BCUT2D eigenvalue weighted by atomic mass is 35.5. The van der Waals surface area contributed by atoms with Gasteiger partial charge in [-0.05, 0) is 43.9 Å². The predicted octanol–water partition coefficient (Wildman–Crippen LogP) is 3.46. The van der Waals surface area contributed by atoms with Crippen LogP contribution in [0.5, 0.6) is 0 Å². The van der Waals surface area contributed by atoms with E-state index in [4.69, 9.17) is 21.3 Å². The van der Waals surface area contributed by atoms with Crippen molar-refractivity contribution < 1.29 is 4.74 Å². The summed E-state index contributed by atoms with van der Waals surface area (Å²) in [7, 11) is 1.67. The number of fused-ring (bicyclic) bond motifs is 1. The van der Waals surface area contributed by atoms with Crippen LogP contribution in [0.3, 0.4) is 0 Å². The fourth-order valence-corrected chi connectivity index (χ4v) is 5.01. The van der Waals surface area contributed by atoms with Crippen molar-refractivity contribution in [3.8, 4) is 0 Å². The molecule has 2 aliphatic rings. The highest BCUT2D eigenvalue weighted by Crippen LogP contribution is 2.42. The summed E-state index contributed by atoms with van der Waals surface area (Å²) in [5.74, 6) is 2.67. The molecule has 31 heavy (non-hydrogen) atoms. The van der Waals surface area contributed by atoms with Gasteiger partial charge in [-0.3, -0.25) is 4.99 Å². The van der Waals surface area contributed by atoms with Crippen LogP contribution in [0.1, 0.15) is 56.2 Å². The Kier molecular flexibility index (Phi) is 7.13. The molecule has 2 heterocycles. The molecular formula is C23H33ClN6O. The standard InChI is InChI=1S/C23H33ClN6O/c1-3-25-22(27-19-9-10-21-28-20(15-31-2)29-30(21)14-19)26-16-23(11-4-5-12-23)17-7-6-8-18(24)13-17/h6-8,13,19H,3-5,9-12,14-16H2,1-2H3,(H2,25,26,27). The van der Waals surface area contributed by atoms with Crippen LogP contribution in [0.25, 0.3) is 0 Å². The zero-order valence-corrected chi connectivity index (χ0v) is 19.3. The van der Waals surface area contributed by atoms with Crippen LogP contribution in [-0.2, 0) is 29.7 Å². The largest absolute Gasteiger partial charge is 0.377 e. The van der Waals surface area contributed by atoms with Gasteiger partial charge in [0.15, 0.2) is 11.8 Å². The highest BCUT2D eigenvalue weighted by molar-refractivity contribution is 6.30. The number of guanidine groups is 1. The first-order chi connectivity index (χ1) is 15.1. The molecule has 1 atom stereocenters. The van der Waals surface area contributed by atoms with Crippen molar-refractivity contribution >= 4 is 17.6 Å². The third kappa shape index (κ3) is 5.21. The maximum absolute atomic E-state index is 6.31. The molecule has 1 aromatic heterocycles. The van der Waals surface area contributed by atoms with Gasteiger partial charge in [0, 0.05) is 36.6 Å². The third-order valence-electron chi connectivity index (χ3n) is 6.40. The Hall–Kier alpha value is -2.12. The van der Waals surface area contributed by atoms with Crippen LogP contribution in [-0.4, -0.2) is 47.0 Å². The summed E-state index contributed by atoms with van der Waals surface area (Å²) in [4.78, 5) is 9.62. The average Bonchev–Trinajstić information content (AvgIpc) is 3.40. The minimum Gasteiger partial charge on any atom is -0.377 e. The van der Waals surface area contributed by atoms with Gasteiger partial charge in [0.1, 0.15) is 12.4 Å². The van der Waals surface area contributed by atoms with Crippen molar-refractivity contribution in [3.63, 3.8) is 0 Å². The van der Waals surface area contributed by atoms with E-state index in [1.54, 1.807) is 7.11 Å². The molecule has 0 radical (unpaired) electrons. The molecule has 1 aliphatic carbocycles. The molecule has 168 valence electrons. The number of aryl methyl sites for hydroxylation is 1. The number of rotatable bonds is 7. The van der Waals surface area contributed by atoms with Gasteiger partial charge in [-0.25, -0.2) is 9.67 Å². The summed E-state index contributed by atoms with van der Waals surface area (Å²) < 4.78 is 7.18. The normalized spacial score (nSPS) is 20.5. The van der Waals surface area contributed by atoms with Gasteiger partial charge in [-0.15, -0.1) is 0 Å². The van der Waals surface area contributed by atoms with Crippen molar-refractivity contribution in [2.45, 2.75) is 70.1 Å². The number of aliphatic imine (C=N–C) groups is 1. The lowest BCUT2D eigenvalue weighted by atomic mass is 9.79. The first-order valence-corrected chi connectivity index (χ1v) is 11.7. The minimum absolute atomic E-state index is 0.0773. The van der Waals surface area contributed by atoms with Gasteiger partial charge in [0.25, 0.3) is 0 Å². The van der Waals surface area contributed by atoms with E-state index >= 15 is 0 Å². The SMILES string of the molecule is CCNC(=NCC1(c2cccc(Cl)c2)CCCC1)NC1CCc2nc(COC)nn2C1. The molecule has 0 saturated heterocycles. The molecule has 1 saturated carbocycles. The maximum atomic E-state index is 6.31. The van der Waals surface area contributed by atoms with Gasteiger partial charge < -0.3 is 15.4 Å². The third-order valence-corrected chi connectivity index (χ3v) is 6.63. The van der Waals surface area contributed by atoms with Crippen molar-refractivity contribution in [1.29, 1.82) is 0 Å². The van der Waals surface area contributed by atoms with Gasteiger partial charge in [-0.2, -0.15) is 5.10 Å². The smallest absolute Gasteiger partial charge is 0.191 e.